The van der Waals surface area contributed by atoms with Crippen LogP contribution in [0.2, 0.25) is 0 Å². The molecule has 2 N–H and O–H groups in total. The van der Waals surface area contributed by atoms with Gasteiger partial charge < -0.3 is 10.6 Å². The average molecular weight is 288 g/mol. The summed E-state index contributed by atoms with van der Waals surface area (Å²) in [5, 5.41) is 6.49. The molecule has 0 fully saturated rings. The summed E-state index contributed by atoms with van der Waals surface area (Å²) >= 11 is 0. The van der Waals surface area contributed by atoms with E-state index in [1.807, 2.05) is 13.0 Å². The average Bonchev–Trinajstić information content (AvgIpc) is 2.35. The predicted octanol–water partition coefficient (Wildman–Crippen LogP) is 3.75. The van der Waals surface area contributed by atoms with Gasteiger partial charge in [-0.3, -0.25) is 0 Å². The van der Waals surface area contributed by atoms with E-state index in [0.29, 0.717) is 12.5 Å². The number of hydrogen-bond donors (Lipinski definition) is 2. The number of aryl methyl sites for hydroxylation is 1. The maximum absolute atomic E-state index is 12.9. The molecule has 2 aromatic rings. The summed E-state index contributed by atoms with van der Waals surface area (Å²) in [6, 6.07) is 8.29. The first-order valence-electron chi connectivity index (χ1n) is 6.94. The lowest BCUT2D eigenvalue weighted by molar-refractivity contribution is 0.627. The topological polar surface area (TPSA) is 49.8 Å². The summed E-state index contributed by atoms with van der Waals surface area (Å²) in [5.41, 5.74) is 1.81. The number of anilines is 2. The van der Waals surface area contributed by atoms with Crippen molar-refractivity contribution < 1.29 is 4.39 Å². The van der Waals surface area contributed by atoms with Gasteiger partial charge in [-0.25, -0.2) is 9.37 Å². The first-order chi connectivity index (χ1) is 9.82. The number of hydrogen-bond acceptors (Lipinski definition) is 4. The molecular weight excluding hydrogens is 267 g/mol. The summed E-state index contributed by atoms with van der Waals surface area (Å²) in [6.07, 6.45) is 0. The van der Waals surface area contributed by atoms with Crippen molar-refractivity contribution in [2.75, 3.05) is 10.6 Å². The van der Waals surface area contributed by atoms with Gasteiger partial charge in [0.1, 0.15) is 11.6 Å². The third-order valence-corrected chi connectivity index (χ3v) is 2.72. The van der Waals surface area contributed by atoms with Crippen molar-refractivity contribution in [1.29, 1.82) is 0 Å². The minimum absolute atomic E-state index is 0.0605. The first kappa shape index (κ1) is 15.2. The summed E-state index contributed by atoms with van der Waals surface area (Å²) in [7, 11) is 0. The molecule has 0 aliphatic carbocycles. The molecule has 0 aliphatic rings. The van der Waals surface area contributed by atoms with E-state index >= 15 is 0 Å². The highest BCUT2D eigenvalue weighted by atomic mass is 19.1. The van der Waals surface area contributed by atoms with Crippen molar-refractivity contribution >= 4 is 11.8 Å². The SMILES string of the molecule is Cc1cc(NC(C)(C)C)nc(NCc2ccc(F)cc2)n1. The minimum Gasteiger partial charge on any atom is -0.365 e. The summed E-state index contributed by atoms with van der Waals surface area (Å²) in [4.78, 5) is 8.80. The molecule has 0 saturated carbocycles. The van der Waals surface area contributed by atoms with Gasteiger partial charge in [-0.1, -0.05) is 12.1 Å². The summed E-state index contributed by atoms with van der Waals surface area (Å²) in [6.45, 7) is 8.72. The number of nitrogens with one attached hydrogen (secondary N) is 2. The lowest BCUT2D eigenvalue weighted by atomic mass is 10.1. The van der Waals surface area contributed by atoms with Crippen molar-refractivity contribution in [3.8, 4) is 0 Å². The monoisotopic (exact) mass is 288 g/mol. The summed E-state index contributed by atoms with van der Waals surface area (Å²) in [5.74, 6) is 1.12. The number of halogens is 1. The molecule has 0 bridgehead atoms. The van der Waals surface area contributed by atoms with Gasteiger partial charge in [0.2, 0.25) is 5.95 Å². The third-order valence-electron chi connectivity index (χ3n) is 2.72. The van der Waals surface area contributed by atoms with Gasteiger partial charge in [-0.15, -0.1) is 0 Å². The first-order valence-corrected chi connectivity index (χ1v) is 6.94. The number of aromatic nitrogens is 2. The smallest absolute Gasteiger partial charge is 0.225 e. The van der Waals surface area contributed by atoms with Crippen LogP contribution in [0.1, 0.15) is 32.0 Å². The van der Waals surface area contributed by atoms with Crippen molar-refractivity contribution in [3.05, 3.63) is 47.4 Å². The van der Waals surface area contributed by atoms with Crippen LogP contribution in [-0.4, -0.2) is 15.5 Å². The molecule has 112 valence electrons. The Labute approximate surface area is 124 Å². The molecule has 0 saturated heterocycles. The van der Waals surface area contributed by atoms with Crippen molar-refractivity contribution in [3.63, 3.8) is 0 Å². The molecule has 0 radical (unpaired) electrons. The maximum atomic E-state index is 12.9. The maximum Gasteiger partial charge on any atom is 0.225 e. The molecule has 5 heteroatoms. The van der Waals surface area contributed by atoms with Crippen LogP contribution in [0.4, 0.5) is 16.2 Å². The van der Waals surface area contributed by atoms with E-state index in [1.54, 1.807) is 12.1 Å². The number of nitrogens with zero attached hydrogens (tertiary/aromatic N) is 2. The Morgan fingerprint density at radius 2 is 1.76 bits per heavy atom. The van der Waals surface area contributed by atoms with Gasteiger partial charge in [0.05, 0.1) is 0 Å². The molecule has 2 rings (SSSR count). The molecule has 0 atom stereocenters. The minimum atomic E-state index is -0.234. The molecule has 1 heterocycles. The molecule has 0 unspecified atom stereocenters. The van der Waals surface area contributed by atoms with E-state index in [1.165, 1.54) is 12.1 Å². The number of benzene rings is 1. The molecule has 4 nitrogen and oxygen atoms in total. The van der Waals surface area contributed by atoms with Gasteiger partial charge in [0.15, 0.2) is 0 Å². The Morgan fingerprint density at radius 3 is 2.38 bits per heavy atom. The van der Waals surface area contributed by atoms with Gasteiger partial charge >= 0.3 is 0 Å². The van der Waals surface area contributed by atoms with Gasteiger partial charge in [-0.05, 0) is 45.4 Å². The highest BCUT2D eigenvalue weighted by molar-refractivity contribution is 5.44. The molecule has 1 aromatic carbocycles. The highest BCUT2D eigenvalue weighted by Gasteiger charge is 2.11. The van der Waals surface area contributed by atoms with Crippen LogP contribution in [0, 0.1) is 12.7 Å². The predicted molar refractivity (Wildman–Crippen MR) is 83.9 cm³/mol. The lowest BCUT2D eigenvalue weighted by Crippen LogP contribution is -2.27. The Bertz CT molecular complexity index is 603. The Hall–Kier alpha value is -2.17. The second-order valence-corrected chi connectivity index (χ2v) is 6.07. The zero-order valence-electron chi connectivity index (χ0n) is 12.9. The highest BCUT2D eigenvalue weighted by Crippen LogP contribution is 2.15. The van der Waals surface area contributed by atoms with Crippen molar-refractivity contribution in [2.45, 2.75) is 39.8 Å². The Morgan fingerprint density at radius 1 is 1.10 bits per heavy atom. The quantitative estimate of drug-likeness (QED) is 0.899. The van der Waals surface area contributed by atoms with Crippen LogP contribution >= 0.6 is 0 Å². The van der Waals surface area contributed by atoms with Crippen LogP contribution in [0.3, 0.4) is 0 Å². The van der Waals surface area contributed by atoms with E-state index in [2.05, 4.69) is 41.4 Å². The fourth-order valence-electron chi connectivity index (χ4n) is 1.88. The third kappa shape index (κ3) is 5.02. The zero-order chi connectivity index (χ0) is 15.5. The lowest BCUT2D eigenvalue weighted by Gasteiger charge is -2.21. The molecule has 1 aromatic heterocycles. The van der Waals surface area contributed by atoms with Gasteiger partial charge in [0, 0.05) is 23.8 Å². The largest absolute Gasteiger partial charge is 0.365 e. The number of rotatable bonds is 4. The molecular formula is C16H21FN4. The fraction of sp³-hybridized carbons (Fsp3) is 0.375. The summed E-state index contributed by atoms with van der Waals surface area (Å²) < 4.78 is 12.9. The van der Waals surface area contributed by atoms with E-state index < -0.39 is 0 Å². The Balaban J connectivity index is 2.07. The van der Waals surface area contributed by atoms with Crippen LogP contribution in [0.25, 0.3) is 0 Å². The van der Waals surface area contributed by atoms with E-state index in [9.17, 15) is 4.39 Å². The second kappa shape index (κ2) is 6.08. The standard InChI is InChI=1S/C16H21FN4/c1-11-9-14(21-16(2,3)4)20-15(19-11)18-10-12-5-7-13(17)8-6-12/h5-9H,10H2,1-4H3,(H2,18,19,20,21). The van der Waals surface area contributed by atoms with Crippen LogP contribution in [0.15, 0.2) is 30.3 Å². The molecule has 0 aliphatic heterocycles. The molecule has 21 heavy (non-hydrogen) atoms. The van der Waals surface area contributed by atoms with E-state index in [4.69, 9.17) is 0 Å². The second-order valence-electron chi connectivity index (χ2n) is 6.07. The molecule has 0 spiro atoms. The van der Waals surface area contributed by atoms with Gasteiger partial charge in [0.25, 0.3) is 0 Å². The zero-order valence-corrected chi connectivity index (χ0v) is 12.9. The molecule has 0 amide bonds. The van der Waals surface area contributed by atoms with Crippen LogP contribution in [0.5, 0.6) is 0 Å². The van der Waals surface area contributed by atoms with Crippen molar-refractivity contribution in [2.24, 2.45) is 0 Å². The Kier molecular flexibility index (Phi) is 4.40. The van der Waals surface area contributed by atoms with E-state index in [0.717, 1.165) is 17.1 Å². The fourth-order valence-corrected chi connectivity index (χ4v) is 1.88. The van der Waals surface area contributed by atoms with Gasteiger partial charge in [-0.2, -0.15) is 4.98 Å². The van der Waals surface area contributed by atoms with Crippen LogP contribution < -0.4 is 10.6 Å². The normalized spacial score (nSPS) is 11.3. The van der Waals surface area contributed by atoms with E-state index in [-0.39, 0.29) is 11.4 Å². The van der Waals surface area contributed by atoms with Crippen molar-refractivity contribution in [1.82, 2.24) is 9.97 Å². The van der Waals surface area contributed by atoms with Crippen LogP contribution in [-0.2, 0) is 6.54 Å².